The number of nitrogens with zero attached hydrogens (tertiary/aromatic N) is 6. The third-order valence-corrected chi connectivity index (χ3v) is 2.49. The number of hydrazone groups is 1. The molecular formula is C10H11N7O4. The first-order valence-corrected chi connectivity index (χ1v) is 5.64. The molecule has 1 heterocycles. The number of ether oxygens (including phenoxy) is 2. The van der Waals surface area contributed by atoms with Crippen LogP contribution in [0.2, 0.25) is 0 Å². The monoisotopic (exact) mass is 293 g/mol. The fourth-order valence-corrected chi connectivity index (χ4v) is 1.54. The molecule has 1 aromatic rings. The van der Waals surface area contributed by atoms with Crippen LogP contribution in [0.15, 0.2) is 37.9 Å². The van der Waals surface area contributed by atoms with E-state index in [0.29, 0.717) is 5.75 Å². The van der Waals surface area contributed by atoms with Crippen LogP contribution in [0.25, 0.3) is 0 Å². The maximum absolute atomic E-state index is 11.1. The normalized spacial score (nSPS) is 13.8. The summed E-state index contributed by atoms with van der Waals surface area (Å²) >= 11 is 0. The number of methoxy groups -OCH3 is 2. The van der Waals surface area contributed by atoms with Gasteiger partial charge >= 0.3 is 0 Å². The molecule has 0 aromatic heterocycles. The van der Waals surface area contributed by atoms with Gasteiger partial charge in [0, 0.05) is 0 Å². The van der Waals surface area contributed by atoms with Crippen molar-refractivity contribution in [2.75, 3.05) is 14.2 Å². The van der Waals surface area contributed by atoms with E-state index in [1.54, 1.807) is 0 Å². The Labute approximate surface area is 118 Å². The highest BCUT2D eigenvalue weighted by Gasteiger charge is 2.18. The summed E-state index contributed by atoms with van der Waals surface area (Å²) < 4.78 is 10.1. The molecule has 1 aromatic carbocycles. The van der Waals surface area contributed by atoms with Gasteiger partial charge in [0.25, 0.3) is 12.0 Å². The van der Waals surface area contributed by atoms with Crippen molar-refractivity contribution >= 4 is 11.9 Å². The predicted molar refractivity (Wildman–Crippen MR) is 70.4 cm³/mol. The summed E-state index contributed by atoms with van der Waals surface area (Å²) in [6.45, 7) is 0. The molecule has 0 fully saturated rings. The SMILES string of the molecule is COc1cc(/C=N\NC2N=NN=N2)c([N+](=O)[O-])cc1OC. The molecule has 0 unspecified atom stereocenters. The minimum Gasteiger partial charge on any atom is -0.493 e. The van der Waals surface area contributed by atoms with Crippen LogP contribution in [0.1, 0.15) is 5.56 Å². The van der Waals surface area contributed by atoms with Crippen LogP contribution in [-0.2, 0) is 0 Å². The highest BCUT2D eigenvalue weighted by atomic mass is 16.6. The molecule has 1 N–H and O–H groups in total. The molecular weight excluding hydrogens is 282 g/mol. The number of benzene rings is 1. The van der Waals surface area contributed by atoms with Gasteiger partial charge in [-0.25, -0.2) is 0 Å². The van der Waals surface area contributed by atoms with Crippen LogP contribution in [0.4, 0.5) is 5.69 Å². The Bertz CT molecular complexity index is 616. The molecule has 0 amide bonds. The summed E-state index contributed by atoms with van der Waals surface area (Å²) in [5, 5.41) is 28.6. The third kappa shape index (κ3) is 3.26. The Morgan fingerprint density at radius 3 is 2.48 bits per heavy atom. The van der Waals surface area contributed by atoms with Crippen LogP contribution >= 0.6 is 0 Å². The average molecular weight is 293 g/mol. The zero-order valence-corrected chi connectivity index (χ0v) is 11.1. The van der Waals surface area contributed by atoms with Gasteiger partial charge in [0.15, 0.2) is 11.5 Å². The van der Waals surface area contributed by atoms with E-state index >= 15 is 0 Å². The molecule has 0 spiro atoms. The van der Waals surface area contributed by atoms with Crippen molar-refractivity contribution in [3.63, 3.8) is 0 Å². The molecule has 2 rings (SSSR count). The van der Waals surface area contributed by atoms with E-state index in [0.717, 1.165) is 0 Å². The van der Waals surface area contributed by atoms with Gasteiger partial charge in [-0.1, -0.05) is 0 Å². The van der Waals surface area contributed by atoms with Gasteiger partial charge in [-0.3, -0.25) is 15.5 Å². The summed E-state index contributed by atoms with van der Waals surface area (Å²) in [7, 11) is 2.83. The predicted octanol–water partition coefficient (Wildman–Crippen LogP) is 1.65. The molecule has 11 nitrogen and oxygen atoms in total. The molecule has 0 aliphatic carbocycles. The molecule has 0 radical (unpaired) electrons. The Hall–Kier alpha value is -3.11. The first-order chi connectivity index (χ1) is 10.2. The number of nitrogens with one attached hydrogen (secondary N) is 1. The smallest absolute Gasteiger partial charge is 0.282 e. The Morgan fingerprint density at radius 2 is 1.90 bits per heavy atom. The lowest BCUT2D eigenvalue weighted by Crippen LogP contribution is -2.17. The molecule has 0 saturated heterocycles. The van der Waals surface area contributed by atoms with E-state index in [2.05, 4.69) is 31.2 Å². The van der Waals surface area contributed by atoms with Gasteiger partial charge in [-0.2, -0.15) is 5.10 Å². The van der Waals surface area contributed by atoms with E-state index in [-0.39, 0.29) is 17.0 Å². The first-order valence-electron chi connectivity index (χ1n) is 5.64. The van der Waals surface area contributed by atoms with Crippen LogP contribution in [0.3, 0.4) is 0 Å². The van der Waals surface area contributed by atoms with E-state index in [4.69, 9.17) is 9.47 Å². The maximum Gasteiger partial charge on any atom is 0.282 e. The van der Waals surface area contributed by atoms with E-state index < -0.39 is 11.2 Å². The van der Waals surface area contributed by atoms with Gasteiger partial charge < -0.3 is 9.47 Å². The zero-order chi connectivity index (χ0) is 15.2. The van der Waals surface area contributed by atoms with Crippen molar-refractivity contribution in [2.45, 2.75) is 6.29 Å². The summed E-state index contributed by atoms with van der Waals surface area (Å²) in [5.41, 5.74) is 2.58. The lowest BCUT2D eigenvalue weighted by molar-refractivity contribution is -0.385. The standard InChI is InChI=1S/C10H11N7O4/c1-20-8-3-6(5-11-12-10-13-15-16-14-10)7(17(18)19)4-9(8)21-2/h3-5,10,12H,1-2H3/b11-5-. The number of hydrogen-bond donors (Lipinski definition) is 1. The molecule has 11 heteroatoms. The molecule has 0 bridgehead atoms. The number of nitro benzene ring substituents is 1. The van der Waals surface area contributed by atoms with Gasteiger partial charge in [0.05, 0.1) is 37.0 Å². The van der Waals surface area contributed by atoms with Gasteiger partial charge in [0.2, 0.25) is 0 Å². The summed E-state index contributed by atoms with van der Waals surface area (Å²) in [6.07, 6.45) is 0.532. The number of nitro groups is 1. The van der Waals surface area contributed by atoms with Crippen molar-refractivity contribution in [3.05, 3.63) is 27.8 Å². The highest BCUT2D eigenvalue weighted by molar-refractivity contribution is 5.86. The van der Waals surface area contributed by atoms with Crippen molar-refractivity contribution in [1.29, 1.82) is 0 Å². The van der Waals surface area contributed by atoms with E-state index in [1.165, 1.54) is 32.6 Å². The zero-order valence-electron chi connectivity index (χ0n) is 11.1. The lowest BCUT2D eigenvalue weighted by Gasteiger charge is -2.08. The van der Waals surface area contributed by atoms with Crippen LogP contribution < -0.4 is 14.9 Å². The van der Waals surface area contributed by atoms with E-state index in [1.807, 2.05) is 0 Å². The second-order valence-electron chi connectivity index (χ2n) is 3.69. The van der Waals surface area contributed by atoms with Gasteiger partial charge in [-0.05, 0) is 16.5 Å². The number of rotatable bonds is 6. The van der Waals surface area contributed by atoms with Crippen molar-refractivity contribution < 1.29 is 14.4 Å². The lowest BCUT2D eigenvalue weighted by atomic mass is 10.1. The molecule has 1 aliphatic heterocycles. The fourth-order valence-electron chi connectivity index (χ4n) is 1.54. The van der Waals surface area contributed by atoms with Crippen molar-refractivity contribution in [3.8, 4) is 11.5 Å². The minimum atomic E-state index is -0.722. The topological polar surface area (TPSA) is 135 Å². The second-order valence-corrected chi connectivity index (χ2v) is 3.69. The van der Waals surface area contributed by atoms with Crippen LogP contribution in [-0.4, -0.2) is 31.6 Å². The quantitative estimate of drug-likeness (QED) is 0.483. The van der Waals surface area contributed by atoms with Crippen LogP contribution in [0, 0.1) is 10.1 Å². The molecule has 21 heavy (non-hydrogen) atoms. The van der Waals surface area contributed by atoms with Crippen LogP contribution in [0.5, 0.6) is 11.5 Å². The second kappa shape index (κ2) is 6.36. The largest absolute Gasteiger partial charge is 0.493 e. The number of hydrogen-bond acceptors (Lipinski definition) is 10. The first kappa shape index (κ1) is 14.3. The van der Waals surface area contributed by atoms with E-state index in [9.17, 15) is 10.1 Å². The molecule has 1 aliphatic rings. The Kier molecular flexibility index (Phi) is 4.33. The van der Waals surface area contributed by atoms with Gasteiger partial charge in [0.1, 0.15) is 0 Å². The summed E-state index contributed by atoms with van der Waals surface area (Å²) in [6, 6.07) is 2.70. The summed E-state index contributed by atoms with van der Waals surface area (Å²) in [5.74, 6) is 0.609. The minimum absolute atomic E-state index is 0.173. The average Bonchev–Trinajstić information content (AvgIpc) is 2.99. The highest BCUT2D eigenvalue weighted by Crippen LogP contribution is 2.33. The maximum atomic E-state index is 11.1. The summed E-state index contributed by atoms with van der Waals surface area (Å²) in [4.78, 5) is 10.5. The molecule has 0 atom stereocenters. The van der Waals surface area contributed by atoms with Gasteiger partial charge in [-0.15, -0.1) is 10.2 Å². The third-order valence-electron chi connectivity index (χ3n) is 2.49. The fraction of sp³-hybridized carbons (Fsp3) is 0.300. The molecule has 0 saturated carbocycles. The Morgan fingerprint density at radius 1 is 1.29 bits per heavy atom. The van der Waals surface area contributed by atoms with Crippen molar-refractivity contribution in [1.82, 2.24) is 5.43 Å². The van der Waals surface area contributed by atoms with Crippen molar-refractivity contribution in [2.24, 2.45) is 25.8 Å². The Balaban J connectivity index is 2.27. The molecule has 110 valence electrons.